The zero-order valence-electron chi connectivity index (χ0n) is 9.07. The molecule has 1 N–H and O–H groups in total. The van der Waals surface area contributed by atoms with Crippen LogP contribution in [0.5, 0.6) is 0 Å². The summed E-state index contributed by atoms with van der Waals surface area (Å²) >= 11 is 0. The molecule has 6 heteroatoms. The second-order valence-corrected chi connectivity index (χ2v) is 5.72. The summed E-state index contributed by atoms with van der Waals surface area (Å²) in [6.07, 6.45) is 5.28. The molecule has 0 radical (unpaired) electrons. The molecule has 0 bridgehead atoms. The van der Waals surface area contributed by atoms with E-state index in [-0.39, 0.29) is 10.5 Å². The lowest BCUT2D eigenvalue weighted by Crippen LogP contribution is -1.86. The minimum absolute atomic E-state index is 0.109. The fourth-order valence-electron chi connectivity index (χ4n) is 1.24. The van der Waals surface area contributed by atoms with Crippen LogP contribution in [-0.4, -0.2) is 13.4 Å². The Morgan fingerprint density at radius 2 is 2.24 bits per heavy atom. The number of hydrogen-bond donors (Lipinski definition) is 1. The normalized spacial score (nSPS) is 13.8. The van der Waals surface area contributed by atoms with Gasteiger partial charge in [-0.3, -0.25) is 0 Å². The SMILES string of the molecule is C=C/C(=C(F)\C=C/C)c1cc(S(=O)(=O)Cl)c[nH]1. The zero-order valence-corrected chi connectivity index (χ0v) is 10.6. The molecule has 1 rings (SSSR count). The summed E-state index contributed by atoms with van der Waals surface area (Å²) in [5.74, 6) is -0.511. The summed E-state index contributed by atoms with van der Waals surface area (Å²) in [5, 5.41) is 0. The van der Waals surface area contributed by atoms with Crippen molar-refractivity contribution in [2.45, 2.75) is 11.8 Å². The lowest BCUT2D eigenvalue weighted by molar-refractivity contribution is 0.609. The molecule has 1 aromatic rings. The summed E-state index contributed by atoms with van der Waals surface area (Å²) in [6.45, 7) is 5.15. The molecule has 92 valence electrons. The molecule has 0 amide bonds. The lowest BCUT2D eigenvalue weighted by atomic mass is 10.1. The summed E-state index contributed by atoms with van der Waals surface area (Å²) in [7, 11) is 1.34. The standard InChI is InChI=1S/C11H11ClFNO2S/c1-3-5-10(13)9(4-2)11-6-8(7-14-11)17(12,15)16/h3-7,14H,2H2,1H3/b5-3-,10-9-. The van der Waals surface area contributed by atoms with E-state index in [1.165, 1.54) is 30.5 Å². The van der Waals surface area contributed by atoms with Crippen LogP contribution in [0.3, 0.4) is 0 Å². The number of hydrogen-bond acceptors (Lipinski definition) is 2. The van der Waals surface area contributed by atoms with Gasteiger partial charge in [0.05, 0.1) is 0 Å². The van der Waals surface area contributed by atoms with Crippen molar-refractivity contribution < 1.29 is 12.8 Å². The van der Waals surface area contributed by atoms with Crippen LogP contribution in [0.15, 0.2) is 47.8 Å². The van der Waals surface area contributed by atoms with E-state index in [1.54, 1.807) is 6.92 Å². The molecule has 0 fully saturated rings. The molecule has 0 saturated carbocycles. The van der Waals surface area contributed by atoms with E-state index in [2.05, 4.69) is 11.6 Å². The molecule has 0 atom stereocenters. The first-order valence-corrected chi connectivity index (χ1v) is 6.99. The van der Waals surface area contributed by atoms with Gasteiger partial charge in [-0.05, 0) is 19.1 Å². The van der Waals surface area contributed by atoms with Crippen LogP contribution in [0.2, 0.25) is 0 Å². The van der Waals surface area contributed by atoms with Gasteiger partial charge in [0.2, 0.25) is 0 Å². The third kappa shape index (κ3) is 3.31. The van der Waals surface area contributed by atoms with E-state index in [9.17, 15) is 12.8 Å². The Morgan fingerprint density at radius 3 is 2.65 bits per heavy atom. The first kappa shape index (κ1) is 13.7. The van der Waals surface area contributed by atoms with E-state index < -0.39 is 14.9 Å². The average molecular weight is 276 g/mol. The predicted molar refractivity (Wildman–Crippen MR) is 66.9 cm³/mol. The third-order valence-corrected chi connectivity index (χ3v) is 3.34. The van der Waals surface area contributed by atoms with Gasteiger partial charge in [-0.2, -0.15) is 0 Å². The highest BCUT2D eigenvalue weighted by Crippen LogP contribution is 2.24. The molecular formula is C11H11ClFNO2S. The molecule has 0 spiro atoms. The fraction of sp³-hybridized carbons (Fsp3) is 0.0909. The van der Waals surface area contributed by atoms with Gasteiger partial charge >= 0.3 is 0 Å². The topological polar surface area (TPSA) is 49.9 Å². The Morgan fingerprint density at radius 1 is 1.59 bits per heavy atom. The molecule has 17 heavy (non-hydrogen) atoms. The molecule has 1 aromatic heterocycles. The van der Waals surface area contributed by atoms with Crippen LogP contribution in [0, 0.1) is 0 Å². The van der Waals surface area contributed by atoms with E-state index in [0.29, 0.717) is 5.69 Å². The van der Waals surface area contributed by atoms with Crippen LogP contribution >= 0.6 is 10.7 Å². The highest BCUT2D eigenvalue weighted by Gasteiger charge is 2.14. The van der Waals surface area contributed by atoms with Gasteiger partial charge in [0.1, 0.15) is 10.7 Å². The van der Waals surface area contributed by atoms with Crippen molar-refractivity contribution in [3.8, 4) is 0 Å². The monoisotopic (exact) mass is 275 g/mol. The van der Waals surface area contributed by atoms with E-state index in [1.807, 2.05) is 0 Å². The summed E-state index contributed by atoms with van der Waals surface area (Å²) < 4.78 is 35.7. The van der Waals surface area contributed by atoms with Crippen molar-refractivity contribution in [1.82, 2.24) is 4.98 Å². The largest absolute Gasteiger partial charge is 0.360 e. The van der Waals surface area contributed by atoms with Gasteiger partial charge in [0.15, 0.2) is 0 Å². The molecule has 1 heterocycles. The second kappa shape index (κ2) is 5.33. The average Bonchev–Trinajstić information content (AvgIpc) is 2.68. The zero-order chi connectivity index (χ0) is 13.1. The van der Waals surface area contributed by atoms with E-state index in [4.69, 9.17) is 10.7 Å². The molecular weight excluding hydrogens is 265 g/mol. The van der Waals surface area contributed by atoms with Gasteiger partial charge in [0.25, 0.3) is 9.05 Å². The molecule has 0 aromatic carbocycles. The molecule has 0 aliphatic rings. The van der Waals surface area contributed by atoms with Crippen molar-refractivity contribution in [1.29, 1.82) is 0 Å². The second-order valence-electron chi connectivity index (χ2n) is 3.15. The molecule has 0 aliphatic carbocycles. The number of nitrogens with one attached hydrogen (secondary N) is 1. The maximum atomic E-state index is 13.6. The first-order valence-electron chi connectivity index (χ1n) is 4.68. The van der Waals surface area contributed by atoms with Gasteiger partial charge in [0, 0.05) is 28.1 Å². The summed E-state index contributed by atoms with van der Waals surface area (Å²) in [4.78, 5) is 2.53. The van der Waals surface area contributed by atoms with Crippen LogP contribution in [-0.2, 0) is 9.05 Å². The van der Waals surface area contributed by atoms with Crippen molar-refractivity contribution in [2.75, 3.05) is 0 Å². The predicted octanol–water partition coefficient (Wildman–Crippen LogP) is 3.38. The highest BCUT2D eigenvalue weighted by molar-refractivity contribution is 8.13. The Kier molecular flexibility index (Phi) is 4.31. The van der Waals surface area contributed by atoms with E-state index in [0.717, 1.165) is 0 Å². The van der Waals surface area contributed by atoms with Crippen LogP contribution in [0.1, 0.15) is 12.6 Å². The summed E-state index contributed by atoms with van der Waals surface area (Å²) in [6, 6.07) is 1.25. The van der Waals surface area contributed by atoms with Crippen molar-refractivity contribution in [2.24, 2.45) is 0 Å². The molecule has 0 saturated heterocycles. The molecule has 0 aliphatic heterocycles. The van der Waals surface area contributed by atoms with Gasteiger partial charge in [-0.1, -0.05) is 18.7 Å². The maximum Gasteiger partial charge on any atom is 0.262 e. The van der Waals surface area contributed by atoms with Crippen LogP contribution in [0.25, 0.3) is 5.57 Å². The minimum Gasteiger partial charge on any atom is -0.360 e. The Hall–Kier alpha value is -1.33. The number of aromatic amines is 1. The first-order chi connectivity index (χ1) is 7.90. The van der Waals surface area contributed by atoms with E-state index >= 15 is 0 Å². The van der Waals surface area contributed by atoms with Crippen LogP contribution < -0.4 is 0 Å². The Balaban J connectivity index is 3.29. The third-order valence-electron chi connectivity index (χ3n) is 2.00. The number of allylic oxidation sites excluding steroid dienone is 5. The lowest BCUT2D eigenvalue weighted by Gasteiger charge is -1.98. The number of aromatic nitrogens is 1. The van der Waals surface area contributed by atoms with Crippen molar-refractivity contribution >= 4 is 25.3 Å². The Bertz CT molecular complexity index is 584. The van der Waals surface area contributed by atoms with Crippen molar-refractivity contribution in [3.63, 3.8) is 0 Å². The number of rotatable bonds is 4. The van der Waals surface area contributed by atoms with Gasteiger partial charge < -0.3 is 4.98 Å². The van der Waals surface area contributed by atoms with Gasteiger partial charge in [-0.25, -0.2) is 12.8 Å². The van der Waals surface area contributed by atoms with Crippen LogP contribution in [0.4, 0.5) is 4.39 Å². The summed E-state index contributed by atoms with van der Waals surface area (Å²) in [5.41, 5.74) is 0.476. The maximum absolute atomic E-state index is 13.6. The van der Waals surface area contributed by atoms with Gasteiger partial charge in [-0.15, -0.1) is 0 Å². The fourth-order valence-corrected chi connectivity index (χ4v) is 1.97. The smallest absolute Gasteiger partial charge is 0.262 e. The molecule has 0 unspecified atom stereocenters. The van der Waals surface area contributed by atoms with Crippen molar-refractivity contribution in [3.05, 3.63) is 48.6 Å². The minimum atomic E-state index is -3.82. The quantitative estimate of drug-likeness (QED) is 0.676. The number of halogens is 2. The highest BCUT2D eigenvalue weighted by atomic mass is 35.7. The number of H-pyrrole nitrogens is 1. The Labute approximate surface area is 104 Å². The molecule has 3 nitrogen and oxygen atoms in total.